The van der Waals surface area contributed by atoms with Crippen molar-refractivity contribution in [2.75, 3.05) is 32.8 Å². The summed E-state index contributed by atoms with van der Waals surface area (Å²) in [6, 6.07) is 0. The summed E-state index contributed by atoms with van der Waals surface area (Å²) in [6.07, 6.45) is 2.56. The minimum atomic E-state index is -0.467. The number of rotatable bonds is 7. The first-order chi connectivity index (χ1) is 11.2. The Kier molecular flexibility index (Phi) is 8.31. The molecule has 1 fully saturated rings. The zero-order valence-electron chi connectivity index (χ0n) is 15.8. The van der Waals surface area contributed by atoms with Crippen LogP contribution in [0.4, 0.5) is 4.79 Å². The van der Waals surface area contributed by atoms with Crippen molar-refractivity contribution < 1.29 is 14.3 Å². The maximum absolute atomic E-state index is 11.5. The quantitative estimate of drug-likeness (QED) is 0.374. The van der Waals surface area contributed by atoms with Crippen molar-refractivity contribution in [3.63, 3.8) is 0 Å². The van der Waals surface area contributed by atoms with Crippen LogP contribution in [0, 0.1) is 0 Å². The summed E-state index contributed by atoms with van der Waals surface area (Å²) in [4.78, 5) is 16.1. The van der Waals surface area contributed by atoms with Gasteiger partial charge in [-0.15, -0.1) is 0 Å². The molecule has 3 N–H and O–H groups in total. The molecular formula is C17H34N4O3. The lowest BCUT2D eigenvalue weighted by Crippen LogP contribution is -2.40. The first-order valence-corrected chi connectivity index (χ1v) is 8.87. The van der Waals surface area contributed by atoms with Gasteiger partial charge in [-0.1, -0.05) is 0 Å². The number of nitrogens with one attached hydrogen (secondary N) is 3. The number of ether oxygens (including phenoxy) is 2. The summed E-state index contributed by atoms with van der Waals surface area (Å²) in [5.74, 6) is 0.784. The van der Waals surface area contributed by atoms with Crippen LogP contribution in [0.25, 0.3) is 0 Å². The number of carbonyl (C=O) groups is 1. The summed E-state index contributed by atoms with van der Waals surface area (Å²) in [5.41, 5.74) is -0.605. The maximum Gasteiger partial charge on any atom is 0.407 e. The van der Waals surface area contributed by atoms with Crippen LogP contribution in [0.5, 0.6) is 0 Å². The van der Waals surface area contributed by atoms with Gasteiger partial charge in [0.15, 0.2) is 5.96 Å². The Morgan fingerprint density at radius 3 is 2.54 bits per heavy atom. The summed E-state index contributed by atoms with van der Waals surface area (Å²) in [6.45, 7) is 13.3. The molecule has 0 aliphatic carbocycles. The SMILES string of the molecule is CCNC(=NCC1(C)CCCO1)NCCCNC(=O)OC(C)(C)C. The van der Waals surface area contributed by atoms with Gasteiger partial charge in [0.05, 0.1) is 12.1 Å². The van der Waals surface area contributed by atoms with Crippen molar-refractivity contribution in [2.45, 2.75) is 65.1 Å². The topological polar surface area (TPSA) is 84.0 Å². The predicted octanol–water partition coefficient (Wildman–Crippen LogP) is 2.03. The van der Waals surface area contributed by atoms with E-state index in [1.54, 1.807) is 0 Å². The lowest BCUT2D eigenvalue weighted by Gasteiger charge is -2.21. The molecular weight excluding hydrogens is 308 g/mol. The number of hydrogen-bond acceptors (Lipinski definition) is 4. The van der Waals surface area contributed by atoms with Crippen molar-refractivity contribution in [1.82, 2.24) is 16.0 Å². The average molecular weight is 342 g/mol. The van der Waals surface area contributed by atoms with E-state index in [-0.39, 0.29) is 11.7 Å². The van der Waals surface area contributed by atoms with Gasteiger partial charge in [0.1, 0.15) is 5.60 Å². The second-order valence-electron chi connectivity index (χ2n) is 7.31. The molecule has 0 aromatic heterocycles. The monoisotopic (exact) mass is 342 g/mol. The lowest BCUT2D eigenvalue weighted by molar-refractivity contribution is 0.0283. The van der Waals surface area contributed by atoms with Crippen LogP contribution in [0.1, 0.15) is 53.9 Å². The molecule has 1 heterocycles. The number of alkyl carbamates (subject to hydrolysis) is 1. The van der Waals surface area contributed by atoms with E-state index < -0.39 is 5.60 Å². The highest BCUT2D eigenvalue weighted by atomic mass is 16.6. The van der Waals surface area contributed by atoms with Crippen LogP contribution in [0.3, 0.4) is 0 Å². The highest BCUT2D eigenvalue weighted by Crippen LogP contribution is 2.24. The summed E-state index contributed by atoms with van der Waals surface area (Å²) >= 11 is 0. The van der Waals surface area contributed by atoms with E-state index >= 15 is 0 Å². The zero-order chi connectivity index (χ0) is 18.1. The van der Waals surface area contributed by atoms with Crippen LogP contribution >= 0.6 is 0 Å². The van der Waals surface area contributed by atoms with Gasteiger partial charge in [0.2, 0.25) is 0 Å². The number of aliphatic imine (C=N–C) groups is 1. The normalized spacial score (nSPS) is 21.5. The third-order valence-corrected chi connectivity index (χ3v) is 3.53. The van der Waals surface area contributed by atoms with E-state index in [0.717, 1.165) is 44.9 Å². The van der Waals surface area contributed by atoms with Crippen molar-refractivity contribution in [2.24, 2.45) is 4.99 Å². The molecule has 1 atom stereocenters. The fourth-order valence-electron chi connectivity index (χ4n) is 2.35. The summed E-state index contributed by atoms with van der Waals surface area (Å²) < 4.78 is 10.9. The highest BCUT2D eigenvalue weighted by molar-refractivity contribution is 5.79. The van der Waals surface area contributed by atoms with Gasteiger partial charge in [-0.2, -0.15) is 0 Å². The van der Waals surface area contributed by atoms with Crippen LogP contribution in [-0.2, 0) is 9.47 Å². The van der Waals surface area contributed by atoms with Gasteiger partial charge < -0.3 is 25.4 Å². The minimum absolute atomic E-state index is 0.138. The maximum atomic E-state index is 11.5. The van der Waals surface area contributed by atoms with Crippen LogP contribution in [0.2, 0.25) is 0 Å². The Morgan fingerprint density at radius 2 is 1.96 bits per heavy atom. The molecule has 140 valence electrons. The molecule has 1 rings (SSSR count). The van der Waals surface area contributed by atoms with Gasteiger partial charge in [-0.25, -0.2) is 4.79 Å². The number of hydrogen-bond donors (Lipinski definition) is 3. The number of carbonyl (C=O) groups excluding carboxylic acids is 1. The number of guanidine groups is 1. The van der Waals surface area contributed by atoms with E-state index in [4.69, 9.17) is 9.47 Å². The Bertz CT molecular complexity index is 413. The summed E-state index contributed by atoms with van der Waals surface area (Å²) in [5, 5.41) is 9.25. The number of amides is 1. The largest absolute Gasteiger partial charge is 0.444 e. The molecule has 0 saturated carbocycles. The molecule has 0 bridgehead atoms. The fourth-order valence-corrected chi connectivity index (χ4v) is 2.35. The van der Waals surface area contributed by atoms with Gasteiger partial charge in [0, 0.05) is 26.2 Å². The predicted molar refractivity (Wildman–Crippen MR) is 96.4 cm³/mol. The molecule has 1 aliphatic heterocycles. The van der Waals surface area contributed by atoms with Crippen molar-refractivity contribution in [3.8, 4) is 0 Å². The Balaban J connectivity index is 2.25. The first kappa shape index (κ1) is 20.5. The molecule has 0 radical (unpaired) electrons. The Hall–Kier alpha value is -1.50. The van der Waals surface area contributed by atoms with E-state index in [1.165, 1.54) is 0 Å². The molecule has 7 heteroatoms. The average Bonchev–Trinajstić information content (AvgIpc) is 2.89. The standard InChI is InChI=1S/C17H34N4O3/c1-6-18-14(21-13-17(5)9-7-12-23-17)19-10-8-11-20-15(22)24-16(2,3)4/h6-13H2,1-5H3,(H,20,22)(H2,18,19,21). The van der Waals surface area contributed by atoms with Gasteiger partial charge >= 0.3 is 6.09 Å². The first-order valence-electron chi connectivity index (χ1n) is 8.87. The zero-order valence-corrected chi connectivity index (χ0v) is 15.8. The molecule has 0 aromatic rings. The van der Waals surface area contributed by atoms with Crippen LogP contribution < -0.4 is 16.0 Å². The van der Waals surface area contributed by atoms with Gasteiger partial charge in [-0.3, -0.25) is 4.99 Å². The van der Waals surface area contributed by atoms with E-state index in [0.29, 0.717) is 13.1 Å². The van der Waals surface area contributed by atoms with E-state index in [1.807, 2.05) is 27.7 Å². The third-order valence-electron chi connectivity index (χ3n) is 3.53. The minimum Gasteiger partial charge on any atom is -0.444 e. The lowest BCUT2D eigenvalue weighted by atomic mass is 10.0. The molecule has 7 nitrogen and oxygen atoms in total. The fraction of sp³-hybridized carbons (Fsp3) is 0.882. The van der Waals surface area contributed by atoms with Gasteiger partial charge in [0.25, 0.3) is 0 Å². The molecule has 1 aliphatic rings. The molecule has 24 heavy (non-hydrogen) atoms. The smallest absolute Gasteiger partial charge is 0.407 e. The second kappa shape index (κ2) is 9.71. The summed E-state index contributed by atoms with van der Waals surface area (Å²) in [7, 11) is 0. The molecule has 1 amide bonds. The molecule has 0 aromatic carbocycles. The van der Waals surface area contributed by atoms with Crippen molar-refractivity contribution in [3.05, 3.63) is 0 Å². The van der Waals surface area contributed by atoms with Crippen LogP contribution in [-0.4, -0.2) is 56.0 Å². The van der Waals surface area contributed by atoms with Gasteiger partial charge in [-0.05, 0) is 53.9 Å². The number of nitrogens with zero attached hydrogens (tertiary/aromatic N) is 1. The van der Waals surface area contributed by atoms with Crippen LogP contribution in [0.15, 0.2) is 4.99 Å². The molecule has 1 saturated heterocycles. The highest BCUT2D eigenvalue weighted by Gasteiger charge is 2.29. The molecule has 1 unspecified atom stereocenters. The third kappa shape index (κ3) is 8.96. The van der Waals surface area contributed by atoms with Crippen molar-refractivity contribution >= 4 is 12.1 Å². The molecule has 0 spiro atoms. The van der Waals surface area contributed by atoms with Crippen molar-refractivity contribution in [1.29, 1.82) is 0 Å². The Labute approximate surface area is 146 Å². The second-order valence-corrected chi connectivity index (χ2v) is 7.31. The Morgan fingerprint density at radius 1 is 1.25 bits per heavy atom. The van der Waals surface area contributed by atoms with E-state index in [2.05, 4.69) is 27.9 Å². The van der Waals surface area contributed by atoms with E-state index in [9.17, 15) is 4.79 Å².